The van der Waals surface area contributed by atoms with Crippen molar-refractivity contribution in [2.24, 2.45) is 4.99 Å². The first kappa shape index (κ1) is 21.3. The van der Waals surface area contributed by atoms with Crippen LogP contribution in [0.5, 0.6) is 11.5 Å². The van der Waals surface area contributed by atoms with Gasteiger partial charge in [-0.05, 0) is 66.6 Å². The van der Waals surface area contributed by atoms with E-state index in [1.54, 1.807) is 48.5 Å². The lowest BCUT2D eigenvalue weighted by Crippen LogP contribution is -2.09. The fourth-order valence-electron chi connectivity index (χ4n) is 3.10. The zero-order chi connectivity index (χ0) is 22.7. The molecule has 32 heavy (non-hydrogen) atoms. The summed E-state index contributed by atoms with van der Waals surface area (Å²) in [6.45, 7) is 1.92. The second-order valence-electron chi connectivity index (χ2n) is 6.96. The number of rotatable bonds is 5. The van der Waals surface area contributed by atoms with E-state index >= 15 is 0 Å². The molecule has 1 aliphatic heterocycles. The molecule has 4 rings (SSSR count). The van der Waals surface area contributed by atoms with Gasteiger partial charge in [0.15, 0.2) is 17.2 Å². The Hall–Kier alpha value is -3.90. The third-order valence-corrected chi connectivity index (χ3v) is 5.02. The second kappa shape index (κ2) is 9.08. The summed E-state index contributed by atoms with van der Waals surface area (Å²) < 4.78 is 16.1. The number of methoxy groups -OCH3 is 1. The number of esters is 2. The lowest BCUT2D eigenvalue weighted by atomic mass is 10.1. The summed E-state index contributed by atoms with van der Waals surface area (Å²) in [5.74, 6) is -0.248. The van der Waals surface area contributed by atoms with E-state index in [4.69, 9.17) is 25.8 Å². The van der Waals surface area contributed by atoms with Crippen LogP contribution in [0.4, 0.5) is 0 Å². The van der Waals surface area contributed by atoms with Gasteiger partial charge >= 0.3 is 11.9 Å². The Bertz CT molecular complexity index is 1260. The third kappa shape index (κ3) is 4.55. The number of cyclic esters (lactones) is 1. The van der Waals surface area contributed by atoms with Gasteiger partial charge in [0, 0.05) is 10.6 Å². The lowest BCUT2D eigenvalue weighted by molar-refractivity contribution is -0.129. The number of carbonyl (C=O) groups excluding carboxylic acids is 2. The Balaban J connectivity index is 1.58. The Kier molecular flexibility index (Phi) is 6.05. The first-order valence-corrected chi connectivity index (χ1v) is 10.1. The SMILES string of the molecule is COc1cc(/C=C2/N=C(c3ccccc3C)OC2=O)ccc1OC(=O)c1ccc(Cl)cc1. The van der Waals surface area contributed by atoms with Crippen molar-refractivity contribution >= 4 is 35.5 Å². The van der Waals surface area contributed by atoms with Crippen LogP contribution in [-0.2, 0) is 9.53 Å². The van der Waals surface area contributed by atoms with E-state index in [0.717, 1.165) is 11.1 Å². The number of nitrogens with zero attached hydrogens (tertiary/aromatic N) is 1. The molecule has 3 aromatic carbocycles. The summed E-state index contributed by atoms with van der Waals surface area (Å²) in [6, 6.07) is 18.8. The molecule has 7 heteroatoms. The monoisotopic (exact) mass is 447 g/mol. The van der Waals surface area contributed by atoms with Crippen LogP contribution in [0.25, 0.3) is 6.08 Å². The van der Waals surface area contributed by atoms with Gasteiger partial charge in [-0.25, -0.2) is 14.6 Å². The van der Waals surface area contributed by atoms with Crippen LogP contribution in [0.15, 0.2) is 77.4 Å². The van der Waals surface area contributed by atoms with Gasteiger partial charge < -0.3 is 14.2 Å². The molecule has 0 spiro atoms. The van der Waals surface area contributed by atoms with Crippen molar-refractivity contribution in [3.8, 4) is 11.5 Å². The molecule has 0 amide bonds. The van der Waals surface area contributed by atoms with Crippen LogP contribution in [0.3, 0.4) is 0 Å². The molecule has 0 saturated carbocycles. The predicted molar refractivity (Wildman–Crippen MR) is 121 cm³/mol. The fourth-order valence-corrected chi connectivity index (χ4v) is 3.22. The van der Waals surface area contributed by atoms with Crippen LogP contribution in [0, 0.1) is 6.92 Å². The Labute approximate surface area is 189 Å². The first-order valence-electron chi connectivity index (χ1n) is 9.69. The molecule has 160 valence electrons. The molecular formula is C25H18ClNO5. The Morgan fingerprint density at radius 2 is 1.78 bits per heavy atom. The first-order chi connectivity index (χ1) is 15.4. The minimum Gasteiger partial charge on any atom is -0.493 e. The van der Waals surface area contributed by atoms with Crippen molar-refractivity contribution in [3.05, 3.63) is 99.7 Å². The molecule has 0 unspecified atom stereocenters. The molecule has 1 heterocycles. The van der Waals surface area contributed by atoms with E-state index in [-0.39, 0.29) is 17.3 Å². The van der Waals surface area contributed by atoms with E-state index in [9.17, 15) is 9.59 Å². The molecule has 0 aromatic heterocycles. The van der Waals surface area contributed by atoms with Crippen LogP contribution < -0.4 is 9.47 Å². The van der Waals surface area contributed by atoms with Crippen LogP contribution >= 0.6 is 11.6 Å². The molecule has 0 fully saturated rings. The minimum atomic E-state index is -0.544. The van der Waals surface area contributed by atoms with E-state index < -0.39 is 11.9 Å². The van der Waals surface area contributed by atoms with Crippen LogP contribution in [-0.4, -0.2) is 24.9 Å². The zero-order valence-corrected chi connectivity index (χ0v) is 18.1. The number of benzene rings is 3. The van der Waals surface area contributed by atoms with Gasteiger partial charge in [-0.3, -0.25) is 0 Å². The summed E-state index contributed by atoms with van der Waals surface area (Å²) in [5.41, 5.74) is 2.86. The number of hydrogen-bond donors (Lipinski definition) is 0. The minimum absolute atomic E-state index is 0.163. The normalized spacial score (nSPS) is 14.2. The highest BCUT2D eigenvalue weighted by Crippen LogP contribution is 2.30. The zero-order valence-electron chi connectivity index (χ0n) is 17.3. The van der Waals surface area contributed by atoms with Gasteiger partial charge in [0.2, 0.25) is 5.90 Å². The average molecular weight is 448 g/mol. The molecular weight excluding hydrogens is 430 g/mol. The van der Waals surface area contributed by atoms with Crippen molar-refractivity contribution in [1.82, 2.24) is 0 Å². The Morgan fingerprint density at radius 1 is 1.03 bits per heavy atom. The highest BCUT2D eigenvalue weighted by Gasteiger charge is 2.25. The fraction of sp³-hybridized carbons (Fsp3) is 0.0800. The summed E-state index contributed by atoms with van der Waals surface area (Å²) >= 11 is 5.85. The van der Waals surface area contributed by atoms with Crippen molar-refractivity contribution in [2.75, 3.05) is 7.11 Å². The van der Waals surface area contributed by atoms with Gasteiger partial charge in [0.25, 0.3) is 0 Å². The molecule has 0 saturated heterocycles. The van der Waals surface area contributed by atoms with E-state index in [2.05, 4.69) is 4.99 Å². The molecule has 0 bridgehead atoms. The lowest BCUT2D eigenvalue weighted by Gasteiger charge is -2.10. The highest BCUT2D eigenvalue weighted by molar-refractivity contribution is 6.30. The molecule has 6 nitrogen and oxygen atoms in total. The molecule has 1 aliphatic rings. The van der Waals surface area contributed by atoms with Crippen molar-refractivity contribution in [1.29, 1.82) is 0 Å². The standard InChI is InChI=1S/C25H18ClNO5/c1-15-5-3-4-6-19(15)23-27-20(25(29)32-23)13-16-7-12-21(22(14-16)30-2)31-24(28)17-8-10-18(26)11-9-17/h3-14H,1-2H3/b20-13+. The topological polar surface area (TPSA) is 74.2 Å². The average Bonchev–Trinajstić information content (AvgIpc) is 3.15. The van der Waals surface area contributed by atoms with Crippen molar-refractivity contribution in [2.45, 2.75) is 6.92 Å². The van der Waals surface area contributed by atoms with E-state index in [1.165, 1.54) is 7.11 Å². The number of halogens is 1. The maximum absolute atomic E-state index is 12.4. The van der Waals surface area contributed by atoms with Crippen LogP contribution in [0.1, 0.15) is 27.0 Å². The molecule has 0 aliphatic carbocycles. The second-order valence-corrected chi connectivity index (χ2v) is 7.39. The van der Waals surface area contributed by atoms with Crippen molar-refractivity contribution < 1.29 is 23.8 Å². The van der Waals surface area contributed by atoms with Gasteiger partial charge in [-0.15, -0.1) is 0 Å². The summed E-state index contributed by atoms with van der Waals surface area (Å²) in [5, 5.41) is 0.523. The van der Waals surface area contributed by atoms with Crippen molar-refractivity contribution in [3.63, 3.8) is 0 Å². The molecule has 0 atom stereocenters. The molecule has 3 aromatic rings. The largest absolute Gasteiger partial charge is 0.493 e. The third-order valence-electron chi connectivity index (χ3n) is 4.77. The Morgan fingerprint density at radius 3 is 2.50 bits per heavy atom. The quantitative estimate of drug-likeness (QED) is 0.304. The van der Waals surface area contributed by atoms with E-state index in [1.807, 2.05) is 31.2 Å². The van der Waals surface area contributed by atoms with Gasteiger partial charge in [-0.1, -0.05) is 35.9 Å². The summed E-state index contributed by atoms with van der Waals surface area (Å²) in [4.78, 5) is 29.0. The van der Waals surface area contributed by atoms with Gasteiger partial charge in [0.05, 0.1) is 12.7 Å². The number of hydrogen-bond acceptors (Lipinski definition) is 6. The smallest absolute Gasteiger partial charge is 0.363 e. The number of ether oxygens (including phenoxy) is 3. The van der Waals surface area contributed by atoms with E-state index in [0.29, 0.717) is 21.9 Å². The van der Waals surface area contributed by atoms with Gasteiger partial charge in [-0.2, -0.15) is 0 Å². The summed E-state index contributed by atoms with van der Waals surface area (Å²) in [6.07, 6.45) is 1.58. The number of aryl methyl sites for hydroxylation is 1. The van der Waals surface area contributed by atoms with Crippen LogP contribution in [0.2, 0.25) is 5.02 Å². The molecule has 0 N–H and O–H groups in total. The number of aliphatic imine (C=N–C) groups is 1. The predicted octanol–water partition coefficient (Wildman–Crippen LogP) is 5.22. The maximum Gasteiger partial charge on any atom is 0.363 e. The maximum atomic E-state index is 12.4. The van der Waals surface area contributed by atoms with Gasteiger partial charge in [0.1, 0.15) is 0 Å². The highest BCUT2D eigenvalue weighted by atomic mass is 35.5. The number of carbonyl (C=O) groups is 2. The molecule has 0 radical (unpaired) electrons. The summed E-state index contributed by atoms with van der Waals surface area (Å²) in [7, 11) is 1.46.